The molecule has 1 aromatic carbocycles. The van der Waals surface area contributed by atoms with Crippen molar-refractivity contribution >= 4 is 38.5 Å². The predicted octanol–water partition coefficient (Wildman–Crippen LogP) is 3.82. The van der Waals surface area contributed by atoms with Gasteiger partial charge in [0.1, 0.15) is 6.26 Å². The second-order valence-electron chi connectivity index (χ2n) is 3.55. The first-order valence-corrected chi connectivity index (χ1v) is 7.18. The van der Waals surface area contributed by atoms with Crippen molar-refractivity contribution in [3.8, 4) is 11.5 Å². The summed E-state index contributed by atoms with van der Waals surface area (Å²) in [4.78, 5) is 4.46. The van der Waals surface area contributed by atoms with Gasteiger partial charge in [-0.25, -0.2) is 4.98 Å². The third kappa shape index (κ3) is 3.29. The highest BCUT2D eigenvalue weighted by atomic mass is 127. The van der Waals surface area contributed by atoms with E-state index < -0.39 is 0 Å². The molecule has 0 aliphatic carbocycles. The Balaban J connectivity index is 2.27. The van der Waals surface area contributed by atoms with E-state index in [9.17, 15) is 0 Å². The van der Waals surface area contributed by atoms with Crippen molar-refractivity contribution in [3.05, 3.63) is 38.2 Å². The average molecular weight is 407 g/mol. The minimum atomic E-state index is 0.656. The summed E-state index contributed by atoms with van der Waals surface area (Å²) < 4.78 is 7.65. The van der Waals surface area contributed by atoms with Crippen LogP contribution in [0.4, 0.5) is 0 Å². The highest BCUT2D eigenvalue weighted by molar-refractivity contribution is 14.1. The van der Waals surface area contributed by atoms with Crippen LogP contribution in [-0.4, -0.2) is 11.5 Å². The number of oxazole rings is 1. The monoisotopic (exact) mass is 406 g/mol. The molecule has 3 nitrogen and oxygen atoms in total. The molecule has 0 fully saturated rings. The molecule has 0 aliphatic rings. The highest BCUT2D eigenvalue weighted by Crippen LogP contribution is 2.29. The Labute approximate surface area is 122 Å². The van der Waals surface area contributed by atoms with E-state index in [2.05, 4.69) is 55.7 Å². The van der Waals surface area contributed by atoms with Gasteiger partial charge in [0.15, 0.2) is 0 Å². The van der Waals surface area contributed by atoms with E-state index in [1.54, 1.807) is 6.26 Å². The van der Waals surface area contributed by atoms with Crippen LogP contribution in [0.25, 0.3) is 11.5 Å². The number of halogens is 2. The van der Waals surface area contributed by atoms with Gasteiger partial charge in [-0.3, -0.25) is 0 Å². The first-order chi connectivity index (χ1) is 8.20. The van der Waals surface area contributed by atoms with Crippen LogP contribution >= 0.6 is 38.5 Å². The van der Waals surface area contributed by atoms with Gasteiger partial charge in [0, 0.05) is 14.6 Å². The smallest absolute Gasteiger partial charge is 0.227 e. The third-order valence-electron chi connectivity index (χ3n) is 2.27. The summed E-state index contributed by atoms with van der Waals surface area (Å²) in [6, 6.07) is 6.09. The molecule has 1 aromatic heterocycles. The molecule has 0 amide bonds. The number of benzene rings is 1. The summed E-state index contributed by atoms with van der Waals surface area (Å²) in [7, 11) is 0. The van der Waals surface area contributed by atoms with Gasteiger partial charge in [-0.1, -0.05) is 6.92 Å². The lowest BCUT2D eigenvalue weighted by Gasteiger charge is -2.00. The maximum Gasteiger partial charge on any atom is 0.227 e. The molecule has 0 spiro atoms. The van der Waals surface area contributed by atoms with Crippen LogP contribution in [0.3, 0.4) is 0 Å². The quantitative estimate of drug-likeness (QED) is 0.784. The van der Waals surface area contributed by atoms with Crippen LogP contribution < -0.4 is 5.32 Å². The van der Waals surface area contributed by atoms with Gasteiger partial charge in [0.25, 0.3) is 0 Å². The number of aromatic nitrogens is 1. The van der Waals surface area contributed by atoms with Gasteiger partial charge in [0.05, 0.1) is 11.3 Å². The van der Waals surface area contributed by atoms with E-state index >= 15 is 0 Å². The largest absolute Gasteiger partial charge is 0.444 e. The van der Waals surface area contributed by atoms with Crippen molar-refractivity contribution in [2.45, 2.75) is 13.5 Å². The van der Waals surface area contributed by atoms with Crippen LogP contribution in [-0.2, 0) is 6.54 Å². The van der Waals surface area contributed by atoms with Gasteiger partial charge in [-0.15, -0.1) is 0 Å². The maximum absolute atomic E-state index is 5.50. The molecule has 0 unspecified atom stereocenters. The first kappa shape index (κ1) is 13.0. The lowest BCUT2D eigenvalue weighted by atomic mass is 10.2. The van der Waals surface area contributed by atoms with Crippen molar-refractivity contribution < 1.29 is 4.42 Å². The zero-order valence-electron chi connectivity index (χ0n) is 9.34. The number of rotatable bonds is 4. The second-order valence-corrected chi connectivity index (χ2v) is 5.65. The van der Waals surface area contributed by atoms with E-state index in [-0.39, 0.29) is 0 Å². The molecule has 90 valence electrons. The maximum atomic E-state index is 5.50. The summed E-state index contributed by atoms with van der Waals surface area (Å²) in [6.07, 6.45) is 1.70. The molecule has 5 heteroatoms. The van der Waals surface area contributed by atoms with Crippen molar-refractivity contribution in [3.63, 3.8) is 0 Å². The summed E-state index contributed by atoms with van der Waals surface area (Å²) >= 11 is 5.79. The Morgan fingerprint density at radius 2 is 2.29 bits per heavy atom. The SMILES string of the molecule is CCNCc1coc(-c2cc(I)ccc2Br)n1. The zero-order chi connectivity index (χ0) is 12.3. The van der Waals surface area contributed by atoms with Gasteiger partial charge in [-0.2, -0.15) is 0 Å². The fourth-order valence-electron chi connectivity index (χ4n) is 1.43. The molecular formula is C12H12BrIN2O. The molecule has 0 aliphatic heterocycles. The van der Waals surface area contributed by atoms with Crippen molar-refractivity contribution in [2.75, 3.05) is 6.54 Å². The molecule has 0 bridgehead atoms. The van der Waals surface area contributed by atoms with E-state index in [0.717, 1.165) is 32.4 Å². The number of nitrogens with zero attached hydrogens (tertiary/aromatic N) is 1. The minimum Gasteiger partial charge on any atom is -0.444 e. The Kier molecular flexibility index (Phi) is 4.58. The molecule has 2 aromatic rings. The second kappa shape index (κ2) is 5.97. The predicted molar refractivity (Wildman–Crippen MR) is 79.7 cm³/mol. The fraction of sp³-hybridized carbons (Fsp3) is 0.250. The summed E-state index contributed by atoms with van der Waals surface area (Å²) in [5.74, 6) is 0.656. The van der Waals surface area contributed by atoms with Gasteiger partial charge < -0.3 is 9.73 Å². The molecular weight excluding hydrogens is 395 g/mol. The van der Waals surface area contributed by atoms with Crippen LogP contribution in [0, 0.1) is 3.57 Å². The standard InChI is InChI=1S/C12H12BrIN2O/c1-2-15-6-9-7-17-12(16-9)10-5-8(14)3-4-11(10)13/h3-5,7,15H,2,6H2,1H3. The third-order valence-corrected chi connectivity index (χ3v) is 3.63. The molecule has 0 radical (unpaired) electrons. The number of nitrogens with one attached hydrogen (secondary N) is 1. The van der Waals surface area contributed by atoms with Gasteiger partial charge in [0.2, 0.25) is 5.89 Å². The first-order valence-electron chi connectivity index (χ1n) is 5.31. The molecule has 0 saturated carbocycles. The van der Waals surface area contributed by atoms with Crippen molar-refractivity contribution in [1.82, 2.24) is 10.3 Å². The van der Waals surface area contributed by atoms with Crippen LogP contribution in [0.15, 0.2) is 33.4 Å². The van der Waals surface area contributed by atoms with E-state index in [4.69, 9.17) is 4.42 Å². The van der Waals surface area contributed by atoms with Gasteiger partial charge >= 0.3 is 0 Å². The Morgan fingerprint density at radius 1 is 1.47 bits per heavy atom. The molecule has 0 saturated heterocycles. The van der Waals surface area contributed by atoms with E-state index in [1.165, 1.54) is 0 Å². The molecule has 17 heavy (non-hydrogen) atoms. The molecule has 1 N–H and O–H groups in total. The van der Waals surface area contributed by atoms with Crippen molar-refractivity contribution in [2.24, 2.45) is 0 Å². The molecule has 2 rings (SSSR count). The van der Waals surface area contributed by atoms with Crippen LogP contribution in [0.1, 0.15) is 12.6 Å². The van der Waals surface area contributed by atoms with Crippen LogP contribution in [0.5, 0.6) is 0 Å². The average Bonchev–Trinajstić information content (AvgIpc) is 2.78. The highest BCUT2D eigenvalue weighted by Gasteiger charge is 2.10. The van der Waals surface area contributed by atoms with Gasteiger partial charge in [-0.05, 0) is 63.3 Å². The normalized spacial score (nSPS) is 10.8. The summed E-state index contributed by atoms with van der Waals surface area (Å²) in [5, 5.41) is 3.22. The molecule has 1 heterocycles. The Hall–Kier alpha value is -0.400. The zero-order valence-corrected chi connectivity index (χ0v) is 13.1. The molecule has 0 atom stereocenters. The summed E-state index contributed by atoms with van der Waals surface area (Å²) in [5.41, 5.74) is 1.91. The Morgan fingerprint density at radius 3 is 3.06 bits per heavy atom. The lowest BCUT2D eigenvalue weighted by Crippen LogP contribution is -2.11. The minimum absolute atomic E-state index is 0.656. The van der Waals surface area contributed by atoms with E-state index in [0.29, 0.717) is 5.89 Å². The topological polar surface area (TPSA) is 38.1 Å². The number of hydrogen-bond acceptors (Lipinski definition) is 3. The van der Waals surface area contributed by atoms with E-state index in [1.807, 2.05) is 18.2 Å². The number of hydrogen-bond donors (Lipinski definition) is 1. The van der Waals surface area contributed by atoms with Crippen LogP contribution in [0.2, 0.25) is 0 Å². The fourth-order valence-corrected chi connectivity index (χ4v) is 2.33. The Bertz CT molecular complexity index is 513. The lowest BCUT2D eigenvalue weighted by molar-refractivity contribution is 0.570. The van der Waals surface area contributed by atoms with Crippen molar-refractivity contribution in [1.29, 1.82) is 0 Å². The summed E-state index contributed by atoms with van der Waals surface area (Å²) in [6.45, 7) is 3.73.